The largest absolute Gasteiger partial charge is 0.383 e. The number of nitrogens with one attached hydrogen (secondary N) is 1. The lowest BCUT2D eigenvalue weighted by molar-refractivity contribution is -0.128. The smallest absolute Gasteiger partial charge is 0.230 e. The van der Waals surface area contributed by atoms with Crippen LogP contribution in [0, 0.1) is 0 Å². The molecule has 1 amide bonds. The fourth-order valence-electron chi connectivity index (χ4n) is 3.09. The minimum atomic E-state index is -1.16. The van der Waals surface area contributed by atoms with Crippen molar-refractivity contribution < 1.29 is 9.90 Å². The number of aryl methyl sites for hydroxylation is 1. The zero-order valence-corrected chi connectivity index (χ0v) is 14.9. The van der Waals surface area contributed by atoms with E-state index in [9.17, 15) is 9.90 Å². The summed E-state index contributed by atoms with van der Waals surface area (Å²) in [5.74, 6) is -0.0529. The first-order valence-electron chi connectivity index (χ1n) is 8.41. The Bertz CT molecular complexity index is 673. The molecule has 1 aromatic carbocycles. The van der Waals surface area contributed by atoms with Crippen LogP contribution in [0.1, 0.15) is 44.7 Å². The van der Waals surface area contributed by atoms with E-state index in [1.54, 1.807) is 31.0 Å². The molecule has 1 aromatic heterocycles. The Balaban J connectivity index is 2.17. The van der Waals surface area contributed by atoms with Crippen molar-refractivity contribution in [3.05, 3.63) is 53.9 Å². The number of nitrogens with zero attached hydrogens (tertiary/aromatic N) is 2. The van der Waals surface area contributed by atoms with Gasteiger partial charge in [0.25, 0.3) is 0 Å². The summed E-state index contributed by atoms with van der Waals surface area (Å²) < 4.78 is 1.64. The zero-order chi connectivity index (χ0) is 17.8. The maximum Gasteiger partial charge on any atom is 0.230 e. The third kappa shape index (κ3) is 3.51. The fourth-order valence-corrected chi connectivity index (χ4v) is 3.09. The van der Waals surface area contributed by atoms with Crippen LogP contribution in [0.5, 0.6) is 0 Å². The van der Waals surface area contributed by atoms with E-state index in [0.717, 1.165) is 5.56 Å². The highest BCUT2D eigenvalue weighted by Crippen LogP contribution is 2.32. The number of rotatable bonds is 7. The molecule has 24 heavy (non-hydrogen) atoms. The summed E-state index contributed by atoms with van der Waals surface area (Å²) >= 11 is 0. The van der Waals surface area contributed by atoms with Gasteiger partial charge < -0.3 is 10.4 Å². The van der Waals surface area contributed by atoms with Crippen LogP contribution in [0.15, 0.2) is 42.7 Å². The Kier molecular flexibility index (Phi) is 5.44. The molecule has 2 aromatic rings. The van der Waals surface area contributed by atoms with Crippen LogP contribution in [-0.4, -0.2) is 27.3 Å². The van der Waals surface area contributed by atoms with Crippen LogP contribution < -0.4 is 5.32 Å². The maximum absolute atomic E-state index is 13.0. The molecule has 1 heterocycles. The van der Waals surface area contributed by atoms with E-state index in [2.05, 4.69) is 10.4 Å². The van der Waals surface area contributed by atoms with Gasteiger partial charge in [0, 0.05) is 18.8 Å². The standard InChI is InChI=1S/C19H27N3O2/c1-5-19(6-2,15-10-8-7-9-11-15)17(23)20-14-18(3,24)16-12-21-22(4)13-16/h7-13,24H,5-6,14H2,1-4H3,(H,20,23). The highest BCUT2D eigenvalue weighted by Gasteiger charge is 2.37. The molecule has 5 heteroatoms. The molecular weight excluding hydrogens is 302 g/mol. The van der Waals surface area contributed by atoms with Gasteiger partial charge in [0.2, 0.25) is 5.91 Å². The molecule has 0 saturated heterocycles. The van der Waals surface area contributed by atoms with Crippen molar-refractivity contribution in [3.8, 4) is 0 Å². The van der Waals surface area contributed by atoms with Crippen LogP contribution >= 0.6 is 0 Å². The molecule has 0 aliphatic heterocycles. The average molecular weight is 329 g/mol. The van der Waals surface area contributed by atoms with Crippen molar-refractivity contribution in [2.75, 3.05) is 6.54 Å². The summed E-state index contributed by atoms with van der Waals surface area (Å²) in [5, 5.41) is 17.7. The van der Waals surface area contributed by atoms with Crippen LogP contribution in [0.2, 0.25) is 0 Å². The second kappa shape index (κ2) is 7.18. The number of benzene rings is 1. The number of hydrogen-bond donors (Lipinski definition) is 2. The lowest BCUT2D eigenvalue weighted by Crippen LogP contribution is -2.48. The zero-order valence-electron chi connectivity index (χ0n) is 14.9. The number of carbonyl (C=O) groups excluding carboxylic acids is 1. The first kappa shape index (κ1) is 18.2. The fraction of sp³-hybridized carbons (Fsp3) is 0.474. The normalized spacial score (nSPS) is 14.2. The second-order valence-electron chi connectivity index (χ2n) is 6.51. The maximum atomic E-state index is 13.0. The molecule has 0 aliphatic carbocycles. The van der Waals surface area contributed by atoms with Crippen molar-refractivity contribution in [3.63, 3.8) is 0 Å². The first-order chi connectivity index (χ1) is 11.4. The minimum absolute atomic E-state index is 0.0529. The van der Waals surface area contributed by atoms with Crippen molar-refractivity contribution in [2.24, 2.45) is 7.05 Å². The molecule has 1 atom stereocenters. The minimum Gasteiger partial charge on any atom is -0.383 e. The summed E-state index contributed by atoms with van der Waals surface area (Å²) in [4.78, 5) is 13.0. The lowest BCUT2D eigenvalue weighted by Gasteiger charge is -2.32. The number of aliphatic hydroxyl groups is 1. The summed E-state index contributed by atoms with van der Waals surface area (Å²) in [5.41, 5.74) is -0.0442. The highest BCUT2D eigenvalue weighted by molar-refractivity contribution is 5.88. The summed E-state index contributed by atoms with van der Waals surface area (Å²) in [7, 11) is 1.80. The van der Waals surface area contributed by atoms with Gasteiger partial charge in [-0.05, 0) is 25.3 Å². The van der Waals surface area contributed by atoms with E-state index in [1.165, 1.54) is 0 Å². The molecule has 0 saturated carbocycles. The molecule has 0 spiro atoms. The van der Waals surface area contributed by atoms with Crippen LogP contribution in [0.3, 0.4) is 0 Å². The third-order valence-corrected chi connectivity index (χ3v) is 4.89. The third-order valence-electron chi connectivity index (χ3n) is 4.89. The summed E-state index contributed by atoms with van der Waals surface area (Å²) in [6.07, 6.45) is 4.79. The van der Waals surface area contributed by atoms with Crippen molar-refractivity contribution >= 4 is 5.91 Å². The van der Waals surface area contributed by atoms with Gasteiger partial charge in [-0.25, -0.2) is 0 Å². The van der Waals surface area contributed by atoms with Gasteiger partial charge >= 0.3 is 0 Å². The molecule has 0 radical (unpaired) electrons. The van der Waals surface area contributed by atoms with E-state index in [4.69, 9.17) is 0 Å². The van der Waals surface area contributed by atoms with Gasteiger partial charge in [-0.2, -0.15) is 5.10 Å². The topological polar surface area (TPSA) is 67.2 Å². The van der Waals surface area contributed by atoms with Crippen LogP contribution in [0.25, 0.3) is 0 Å². The molecule has 0 fully saturated rings. The van der Waals surface area contributed by atoms with Crippen molar-refractivity contribution in [1.82, 2.24) is 15.1 Å². The molecule has 5 nitrogen and oxygen atoms in total. The molecule has 130 valence electrons. The Morgan fingerprint density at radius 2 is 1.83 bits per heavy atom. The monoisotopic (exact) mass is 329 g/mol. The SMILES string of the molecule is CCC(CC)(C(=O)NCC(C)(O)c1cnn(C)c1)c1ccccc1. The van der Waals surface area contributed by atoms with Gasteiger partial charge in [0.05, 0.1) is 18.2 Å². The predicted octanol–water partition coefficient (Wildman–Crippen LogP) is 2.50. The van der Waals surface area contributed by atoms with Gasteiger partial charge in [0.1, 0.15) is 5.60 Å². The molecule has 0 bridgehead atoms. The predicted molar refractivity (Wildman–Crippen MR) is 94.5 cm³/mol. The number of amides is 1. The van der Waals surface area contributed by atoms with E-state index < -0.39 is 11.0 Å². The summed E-state index contributed by atoms with van der Waals surface area (Å²) in [6, 6.07) is 9.84. The number of hydrogen-bond acceptors (Lipinski definition) is 3. The van der Waals surface area contributed by atoms with Gasteiger partial charge in [-0.3, -0.25) is 9.48 Å². The quantitative estimate of drug-likeness (QED) is 0.820. The van der Waals surface area contributed by atoms with E-state index in [-0.39, 0.29) is 12.5 Å². The molecular formula is C19H27N3O2. The summed E-state index contributed by atoms with van der Waals surface area (Å²) in [6.45, 7) is 5.88. The van der Waals surface area contributed by atoms with E-state index in [0.29, 0.717) is 18.4 Å². The Morgan fingerprint density at radius 1 is 1.21 bits per heavy atom. The highest BCUT2D eigenvalue weighted by atomic mass is 16.3. The molecule has 2 N–H and O–H groups in total. The first-order valence-corrected chi connectivity index (χ1v) is 8.41. The Labute approximate surface area is 143 Å². The second-order valence-corrected chi connectivity index (χ2v) is 6.51. The average Bonchev–Trinajstić information content (AvgIpc) is 3.03. The van der Waals surface area contributed by atoms with Crippen molar-refractivity contribution in [2.45, 2.75) is 44.6 Å². The van der Waals surface area contributed by atoms with Crippen molar-refractivity contribution in [1.29, 1.82) is 0 Å². The van der Waals surface area contributed by atoms with Crippen LogP contribution in [0.4, 0.5) is 0 Å². The Morgan fingerprint density at radius 3 is 2.33 bits per heavy atom. The van der Waals surface area contributed by atoms with Crippen LogP contribution in [-0.2, 0) is 22.9 Å². The van der Waals surface area contributed by atoms with E-state index >= 15 is 0 Å². The molecule has 0 aliphatic rings. The lowest BCUT2D eigenvalue weighted by atomic mass is 9.75. The van der Waals surface area contributed by atoms with Gasteiger partial charge in [0.15, 0.2) is 0 Å². The number of carbonyl (C=O) groups is 1. The van der Waals surface area contributed by atoms with Gasteiger partial charge in [-0.15, -0.1) is 0 Å². The van der Waals surface area contributed by atoms with Gasteiger partial charge in [-0.1, -0.05) is 44.2 Å². The Hall–Kier alpha value is -2.14. The molecule has 1 unspecified atom stereocenters. The number of aromatic nitrogens is 2. The molecule has 2 rings (SSSR count). The van der Waals surface area contributed by atoms with E-state index in [1.807, 2.05) is 44.2 Å².